The zero-order valence-electron chi connectivity index (χ0n) is 14.5. The van der Waals surface area contributed by atoms with Crippen molar-refractivity contribution in [1.82, 2.24) is 30.4 Å². The van der Waals surface area contributed by atoms with Crippen LogP contribution in [-0.4, -0.2) is 50.0 Å². The van der Waals surface area contributed by atoms with Gasteiger partial charge in [0.15, 0.2) is 5.69 Å². The van der Waals surface area contributed by atoms with Gasteiger partial charge in [-0.2, -0.15) is 5.10 Å². The minimum Gasteiger partial charge on any atom is -0.351 e. The zero-order valence-corrected chi connectivity index (χ0v) is 14.5. The number of carbonyl (C=O) groups is 2. The Hall–Kier alpha value is -3.16. The van der Waals surface area contributed by atoms with Gasteiger partial charge in [0.2, 0.25) is 5.91 Å². The van der Waals surface area contributed by atoms with Gasteiger partial charge in [0.25, 0.3) is 5.91 Å². The number of benzene rings is 1. The van der Waals surface area contributed by atoms with Crippen LogP contribution in [0, 0.1) is 0 Å². The van der Waals surface area contributed by atoms with E-state index >= 15 is 0 Å². The van der Waals surface area contributed by atoms with Gasteiger partial charge in [0.05, 0.1) is 24.0 Å². The van der Waals surface area contributed by atoms with Crippen LogP contribution in [0.1, 0.15) is 41.3 Å². The number of likely N-dealkylation sites (tertiary alicyclic amines) is 1. The molecule has 1 atom stereocenters. The molecule has 1 aliphatic heterocycles. The highest BCUT2D eigenvalue weighted by molar-refractivity contribution is 6.04. The molecule has 0 spiro atoms. The third-order valence-electron chi connectivity index (χ3n) is 4.71. The number of para-hydroxylation sites is 1. The second-order valence-corrected chi connectivity index (χ2v) is 6.56. The van der Waals surface area contributed by atoms with Crippen LogP contribution in [-0.2, 0) is 11.3 Å². The summed E-state index contributed by atoms with van der Waals surface area (Å²) in [5.74, 6) is 0.878. The molecular formula is C18H20N6O2. The predicted octanol–water partition coefficient (Wildman–Crippen LogP) is 1.55. The minimum atomic E-state index is -0.0787. The maximum absolute atomic E-state index is 12.8. The van der Waals surface area contributed by atoms with Crippen LogP contribution in [0.4, 0.5) is 0 Å². The van der Waals surface area contributed by atoms with Crippen molar-refractivity contribution < 1.29 is 9.59 Å². The molecule has 1 aromatic carbocycles. The number of imidazole rings is 1. The Bertz CT molecular complexity index is 959. The molecule has 1 fully saturated rings. The van der Waals surface area contributed by atoms with Gasteiger partial charge in [-0.05, 0) is 12.5 Å². The van der Waals surface area contributed by atoms with Crippen molar-refractivity contribution in [1.29, 1.82) is 0 Å². The Labute approximate surface area is 150 Å². The van der Waals surface area contributed by atoms with Crippen LogP contribution in [0.15, 0.2) is 30.5 Å². The van der Waals surface area contributed by atoms with Crippen molar-refractivity contribution >= 4 is 22.7 Å². The monoisotopic (exact) mass is 352 g/mol. The quantitative estimate of drug-likeness (QED) is 0.662. The highest BCUT2D eigenvalue weighted by Gasteiger charge is 2.31. The summed E-state index contributed by atoms with van der Waals surface area (Å²) in [6.45, 7) is 3.19. The number of nitrogens with one attached hydrogen (secondary N) is 3. The largest absolute Gasteiger partial charge is 0.351 e. The van der Waals surface area contributed by atoms with Crippen LogP contribution < -0.4 is 5.32 Å². The molecule has 4 rings (SSSR count). The summed E-state index contributed by atoms with van der Waals surface area (Å²) in [6.07, 6.45) is 2.58. The normalized spacial score (nSPS) is 17.0. The lowest BCUT2D eigenvalue weighted by Gasteiger charge is -2.14. The molecule has 3 N–H and O–H groups in total. The van der Waals surface area contributed by atoms with Crippen LogP contribution in [0.3, 0.4) is 0 Å². The Kier molecular flexibility index (Phi) is 4.16. The van der Waals surface area contributed by atoms with Crippen molar-refractivity contribution in [3.05, 3.63) is 47.7 Å². The fourth-order valence-electron chi connectivity index (χ4n) is 3.34. The average Bonchev–Trinajstić information content (AvgIpc) is 3.37. The fraction of sp³-hybridized carbons (Fsp3) is 0.333. The molecule has 26 heavy (non-hydrogen) atoms. The van der Waals surface area contributed by atoms with Gasteiger partial charge < -0.3 is 15.2 Å². The number of aromatic nitrogens is 4. The van der Waals surface area contributed by atoms with Crippen LogP contribution in [0.2, 0.25) is 0 Å². The highest BCUT2D eigenvalue weighted by Crippen LogP contribution is 2.27. The van der Waals surface area contributed by atoms with Crippen molar-refractivity contribution in [2.45, 2.75) is 25.8 Å². The summed E-state index contributed by atoms with van der Waals surface area (Å²) in [5.41, 5.74) is 2.19. The average molecular weight is 352 g/mol. The van der Waals surface area contributed by atoms with Crippen LogP contribution >= 0.6 is 0 Å². The molecular weight excluding hydrogens is 332 g/mol. The lowest BCUT2D eigenvalue weighted by Crippen LogP contribution is -2.29. The molecule has 2 amide bonds. The second-order valence-electron chi connectivity index (χ2n) is 6.56. The van der Waals surface area contributed by atoms with E-state index in [2.05, 4.69) is 25.5 Å². The molecule has 8 nitrogen and oxygen atoms in total. The third kappa shape index (κ3) is 3.05. The molecule has 3 aromatic rings. The van der Waals surface area contributed by atoms with E-state index in [9.17, 15) is 9.59 Å². The van der Waals surface area contributed by atoms with E-state index in [1.807, 2.05) is 29.2 Å². The summed E-state index contributed by atoms with van der Waals surface area (Å²) in [6, 6.07) is 7.63. The summed E-state index contributed by atoms with van der Waals surface area (Å²) < 4.78 is 0. The Balaban J connectivity index is 1.45. The lowest BCUT2D eigenvalue weighted by molar-refractivity contribution is -0.119. The van der Waals surface area contributed by atoms with E-state index in [4.69, 9.17) is 0 Å². The van der Waals surface area contributed by atoms with Gasteiger partial charge >= 0.3 is 0 Å². The topological polar surface area (TPSA) is 107 Å². The van der Waals surface area contributed by atoms with E-state index in [0.29, 0.717) is 25.3 Å². The van der Waals surface area contributed by atoms with E-state index in [1.54, 1.807) is 6.20 Å². The Morgan fingerprint density at radius 2 is 2.19 bits per heavy atom. The molecule has 0 unspecified atom stereocenters. The minimum absolute atomic E-state index is 0.0602. The number of hydrogen-bond acceptors (Lipinski definition) is 4. The summed E-state index contributed by atoms with van der Waals surface area (Å²) in [4.78, 5) is 33.3. The highest BCUT2D eigenvalue weighted by atomic mass is 16.2. The first-order valence-electron chi connectivity index (χ1n) is 8.62. The van der Waals surface area contributed by atoms with Gasteiger partial charge in [-0.1, -0.05) is 18.2 Å². The molecule has 1 aliphatic rings. The van der Waals surface area contributed by atoms with Gasteiger partial charge in [0.1, 0.15) is 5.82 Å². The number of fused-ring (bicyclic) bond motifs is 1. The van der Waals surface area contributed by atoms with Crippen LogP contribution in [0.25, 0.3) is 10.9 Å². The number of rotatable bonds is 4. The van der Waals surface area contributed by atoms with Crippen molar-refractivity contribution in [2.24, 2.45) is 0 Å². The van der Waals surface area contributed by atoms with Gasteiger partial charge in [0, 0.05) is 31.3 Å². The molecule has 0 radical (unpaired) electrons. The molecule has 0 saturated carbocycles. The first kappa shape index (κ1) is 16.3. The summed E-state index contributed by atoms with van der Waals surface area (Å²) in [7, 11) is 0. The SMILES string of the molecule is CC(=O)NCc1cnc([C@@H]2CCN(C(=O)c3n[nH]c4ccccc34)C2)[nH]1. The van der Waals surface area contributed by atoms with Gasteiger partial charge in [-0.3, -0.25) is 14.7 Å². The van der Waals surface area contributed by atoms with E-state index in [-0.39, 0.29) is 17.7 Å². The molecule has 0 aliphatic carbocycles. The standard InChI is InChI=1S/C18H20N6O2/c1-11(25)19-8-13-9-20-17(21-13)12-6-7-24(10-12)18(26)16-14-4-2-3-5-15(14)22-23-16/h2-5,9,12H,6-8,10H2,1H3,(H,19,25)(H,20,21)(H,22,23)/t12-/m1/s1. The maximum Gasteiger partial charge on any atom is 0.275 e. The second kappa shape index (κ2) is 6.62. The van der Waals surface area contributed by atoms with E-state index in [1.165, 1.54) is 6.92 Å². The van der Waals surface area contributed by atoms with Crippen molar-refractivity contribution in [3.8, 4) is 0 Å². The first-order chi connectivity index (χ1) is 12.6. The number of H-pyrrole nitrogens is 2. The number of nitrogens with zero attached hydrogens (tertiary/aromatic N) is 3. The van der Waals surface area contributed by atoms with Crippen LogP contribution in [0.5, 0.6) is 0 Å². The predicted molar refractivity (Wildman–Crippen MR) is 95.5 cm³/mol. The lowest BCUT2D eigenvalue weighted by atomic mass is 10.1. The smallest absolute Gasteiger partial charge is 0.275 e. The summed E-state index contributed by atoms with van der Waals surface area (Å²) >= 11 is 0. The number of aromatic amines is 2. The molecule has 1 saturated heterocycles. The van der Waals surface area contributed by atoms with Gasteiger partial charge in [-0.15, -0.1) is 0 Å². The maximum atomic E-state index is 12.8. The van der Waals surface area contributed by atoms with E-state index in [0.717, 1.165) is 28.8 Å². The number of hydrogen-bond donors (Lipinski definition) is 3. The summed E-state index contributed by atoms with van der Waals surface area (Å²) in [5, 5.41) is 10.7. The van der Waals surface area contributed by atoms with Crippen molar-refractivity contribution in [3.63, 3.8) is 0 Å². The Morgan fingerprint density at radius 3 is 3.04 bits per heavy atom. The Morgan fingerprint density at radius 1 is 1.35 bits per heavy atom. The molecule has 8 heteroatoms. The molecule has 134 valence electrons. The number of carbonyl (C=O) groups excluding carboxylic acids is 2. The first-order valence-corrected chi connectivity index (χ1v) is 8.62. The fourth-order valence-corrected chi connectivity index (χ4v) is 3.34. The molecule has 0 bridgehead atoms. The van der Waals surface area contributed by atoms with E-state index < -0.39 is 0 Å². The molecule has 3 heterocycles. The zero-order chi connectivity index (χ0) is 18.1. The van der Waals surface area contributed by atoms with Crippen molar-refractivity contribution in [2.75, 3.05) is 13.1 Å². The van der Waals surface area contributed by atoms with Gasteiger partial charge in [-0.25, -0.2) is 4.98 Å². The molecule has 2 aromatic heterocycles. The number of amides is 2. The third-order valence-corrected chi connectivity index (χ3v) is 4.71.